The van der Waals surface area contributed by atoms with Gasteiger partial charge in [-0.2, -0.15) is 0 Å². The third-order valence-electron chi connectivity index (χ3n) is 2.17. The summed E-state index contributed by atoms with van der Waals surface area (Å²) in [5, 5.41) is 21.3. The van der Waals surface area contributed by atoms with Crippen LogP contribution in [0.2, 0.25) is 0 Å². The maximum absolute atomic E-state index is 9.54. The largest absolute Gasteiger partial charge is 0.508 e. The van der Waals surface area contributed by atoms with Crippen molar-refractivity contribution in [3.63, 3.8) is 0 Å². The summed E-state index contributed by atoms with van der Waals surface area (Å²) in [6.45, 7) is -0.184. The van der Waals surface area contributed by atoms with E-state index in [4.69, 9.17) is 9.84 Å². The van der Waals surface area contributed by atoms with Gasteiger partial charge in [-0.3, -0.25) is 0 Å². The van der Waals surface area contributed by atoms with Gasteiger partial charge >= 0.3 is 0 Å². The fourth-order valence-corrected chi connectivity index (χ4v) is 2.41. The lowest BCUT2D eigenvalue weighted by atomic mass is 10.1. The monoisotopic (exact) mass is 210 g/mol. The smallest absolute Gasteiger partial charge is 0.137 e. The Morgan fingerprint density at radius 3 is 2.86 bits per heavy atom. The van der Waals surface area contributed by atoms with Crippen molar-refractivity contribution in [1.82, 2.24) is 0 Å². The molecular weight excluding hydrogens is 200 g/mol. The van der Waals surface area contributed by atoms with Crippen molar-refractivity contribution in [2.75, 3.05) is 7.11 Å². The zero-order valence-electron chi connectivity index (χ0n) is 7.65. The van der Waals surface area contributed by atoms with Gasteiger partial charge in [0.15, 0.2) is 0 Å². The molecule has 3 nitrogen and oxygen atoms in total. The van der Waals surface area contributed by atoms with Gasteiger partial charge in [0.05, 0.1) is 13.7 Å². The van der Waals surface area contributed by atoms with Crippen molar-refractivity contribution < 1.29 is 14.9 Å². The van der Waals surface area contributed by atoms with Crippen LogP contribution < -0.4 is 4.74 Å². The molecular formula is C10H10O3S. The van der Waals surface area contributed by atoms with E-state index in [-0.39, 0.29) is 12.4 Å². The first-order chi connectivity index (χ1) is 6.77. The number of hydrogen-bond donors (Lipinski definition) is 2. The second-order valence-corrected chi connectivity index (χ2v) is 3.81. The minimum atomic E-state index is -0.184. The van der Waals surface area contributed by atoms with Gasteiger partial charge in [-0.15, -0.1) is 11.3 Å². The minimum Gasteiger partial charge on any atom is -0.508 e. The van der Waals surface area contributed by atoms with E-state index in [9.17, 15) is 5.11 Å². The molecule has 74 valence electrons. The average Bonchev–Trinajstić information content (AvgIpc) is 2.61. The van der Waals surface area contributed by atoms with Crippen LogP contribution in [-0.2, 0) is 6.61 Å². The molecule has 0 atom stereocenters. The second kappa shape index (κ2) is 3.48. The Labute approximate surface area is 85.2 Å². The van der Waals surface area contributed by atoms with Gasteiger partial charge < -0.3 is 14.9 Å². The van der Waals surface area contributed by atoms with Crippen molar-refractivity contribution >= 4 is 21.4 Å². The summed E-state index contributed by atoms with van der Waals surface area (Å²) in [6.07, 6.45) is 0. The molecule has 0 saturated heterocycles. The number of aliphatic hydroxyl groups excluding tert-OH is 1. The van der Waals surface area contributed by atoms with E-state index >= 15 is 0 Å². The van der Waals surface area contributed by atoms with Crippen LogP contribution >= 0.6 is 11.3 Å². The first kappa shape index (κ1) is 9.30. The van der Waals surface area contributed by atoms with Crippen molar-refractivity contribution in [3.05, 3.63) is 23.1 Å². The van der Waals surface area contributed by atoms with Gasteiger partial charge in [0.2, 0.25) is 0 Å². The summed E-state index contributed by atoms with van der Waals surface area (Å²) in [5.41, 5.74) is 0.528. The number of methoxy groups -OCH3 is 1. The number of rotatable bonds is 2. The molecule has 1 heterocycles. The Morgan fingerprint density at radius 1 is 1.43 bits per heavy atom. The van der Waals surface area contributed by atoms with Gasteiger partial charge in [-0.05, 0) is 12.1 Å². The fourth-order valence-electron chi connectivity index (χ4n) is 1.47. The molecule has 0 aliphatic carbocycles. The SMILES string of the molecule is COc1csc2ccc(O)c(CO)c12. The molecule has 0 fully saturated rings. The van der Waals surface area contributed by atoms with Crippen LogP contribution in [0.1, 0.15) is 5.56 Å². The molecule has 0 unspecified atom stereocenters. The predicted molar refractivity (Wildman–Crippen MR) is 56.0 cm³/mol. The van der Waals surface area contributed by atoms with Crippen LogP contribution in [-0.4, -0.2) is 17.3 Å². The number of aromatic hydroxyl groups is 1. The highest BCUT2D eigenvalue weighted by molar-refractivity contribution is 7.17. The van der Waals surface area contributed by atoms with Gasteiger partial charge in [-0.25, -0.2) is 0 Å². The van der Waals surface area contributed by atoms with E-state index in [0.717, 1.165) is 10.1 Å². The van der Waals surface area contributed by atoms with Crippen molar-refractivity contribution in [1.29, 1.82) is 0 Å². The van der Waals surface area contributed by atoms with E-state index in [1.165, 1.54) is 11.3 Å². The van der Waals surface area contributed by atoms with Gasteiger partial charge in [-0.1, -0.05) is 0 Å². The second-order valence-electron chi connectivity index (χ2n) is 2.90. The fraction of sp³-hybridized carbons (Fsp3) is 0.200. The third kappa shape index (κ3) is 1.23. The summed E-state index contributed by atoms with van der Waals surface area (Å²) < 4.78 is 6.16. The first-order valence-corrected chi connectivity index (χ1v) is 5.02. The van der Waals surface area contributed by atoms with E-state index in [0.29, 0.717) is 11.3 Å². The number of thiophene rings is 1. The standard InChI is InChI=1S/C10H10O3S/c1-13-8-5-14-9-3-2-7(12)6(4-11)10(8)9/h2-3,5,11-12H,4H2,1H3. The molecule has 0 spiro atoms. The molecule has 0 saturated carbocycles. The van der Waals surface area contributed by atoms with Crippen molar-refractivity contribution in [2.45, 2.75) is 6.61 Å². The third-order valence-corrected chi connectivity index (χ3v) is 3.09. The Morgan fingerprint density at radius 2 is 2.21 bits per heavy atom. The molecule has 14 heavy (non-hydrogen) atoms. The van der Waals surface area contributed by atoms with Gasteiger partial charge in [0.25, 0.3) is 0 Å². The van der Waals surface area contributed by atoms with Crippen LogP contribution in [0, 0.1) is 0 Å². The molecule has 2 N–H and O–H groups in total. The zero-order valence-corrected chi connectivity index (χ0v) is 8.47. The van der Waals surface area contributed by atoms with E-state index in [2.05, 4.69) is 0 Å². The highest BCUT2D eigenvalue weighted by atomic mass is 32.1. The molecule has 0 amide bonds. The first-order valence-electron chi connectivity index (χ1n) is 4.14. The Bertz CT molecular complexity index is 462. The quantitative estimate of drug-likeness (QED) is 0.798. The Balaban J connectivity index is 2.81. The van der Waals surface area contributed by atoms with Crippen molar-refractivity contribution in [3.8, 4) is 11.5 Å². The number of ether oxygens (including phenoxy) is 1. The predicted octanol–water partition coefficient (Wildman–Crippen LogP) is 2.11. The van der Waals surface area contributed by atoms with Crippen LogP contribution in [0.3, 0.4) is 0 Å². The minimum absolute atomic E-state index is 0.108. The molecule has 0 aliphatic heterocycles. The Kier molecular flexibility index (Phi) is 2.31. The van der Waals surface area contributed by atoms with Crippen LogP contribution in [0.5, 0.6) is 11.5 Å². The van der Waals surface area contributed by atoms with Crippen LogP contribution in [0.15, 0.2) is 17.5 Å². The van der Waals surface area contributed by atoms with Gasteiger partial charge in [0, 0.05) is 21.0 Å². The Hall–Kier alpha value is -1.26. The lowest BCUT2D eigenvalue weighted by Gasteiger charge is -2.04. The summed E-state index contributed by atoms with van der Waals surface area (Å²) in [7, 11) is 1.58. The molecule has 0 radical (unpaired) electrons. The molecule has 4 heteroatoms. The van der Waals surface area contributed by atoms with E-state index in [1.807, 2.05) is 11.4 Å². The van der Waals surface area contributed by atoms with Crippen molar-refractivity contribution in [2.24, 2.45) is 0 Å². The molecule has 2 rings (SSSR count). The highest BCUT2D eigenvalue weighted by Gasteiger charge is 2.12. The molecule has 1 aromatic carbocycles. The van der Waals surface area contributed by atoms with Gasteiger partial charge in [0.1, 0.15) is 11.5 Å². The molecule has 0 bridgehead atoms. The molecule has 0 aliphatic rings. The van der Waals surface area contributed by atoms with E-state index < -0.39 is 0 Å². The normalized spacial score (nSPS) is 10.7. The maximum atomic E-state index is 9.54. The molecule has 2 aromatic rings. The van der Waals surface area contributed by atoms with Crippen LogP contribution in [0.25, 0.3) is 10.1 Å². The number of hydrogen-bond acceptors (Lipinski definition) is 4. The summed E-state index contributed by atoms with van der Waals surface area (Å²) in [4.78, 5) is 0. The summed E-state index contributed by atoms with van der Waals surface area (Å²) in [5.74, 6) is 0.807. The number of fused-ring (bicyclic) bond motifs is 1. The average molecular weight is 210 g/mol. The lowest BCUT2D eigenvalue weighted by molar-refractivity contribution is 0.277. The number of benzene rings is 1. The number of aliphatic hydroxyl groups is 1. The highest BCUT2D eigenvalue weighted by Crippen LogP contribution is 2.38. The number of phenols is 1. The molecule has 1 aromatic heterocycles. The van der Waals surface area contributed by atoms with Crippen LogP contribution in [0.4, 0.5) is 0 Å². The summed E-state index contributed by atoms with van der Waals surface area (Å²) >= 11 is 1.53. The summed E-state index contributed by atoms with van der Waals surface area (Å²) in [6, 6.07) is 3.40. The van der Waals surface area contributed by atoms with E-state index in [1.54, 1.807) is 13.2 Å². The zero-order chi connectivity index (χ0) is 10.1. The topological polar surface area (TPSA) is 49.7 Å². The lowest BCUT2D eigenvalue weighted by Crippen LogP contribution is -1.88. The maximum Gasteiger partial charge on any atom is 0.137 e.